The number of phenolic OH excluding ortho intramolecular Hbond substituents is 1. The molecule has 0 spiro atoms. The number of ketones is 1. The van der Waals surface area contributed by atoms with Crippen LogP contribution in [0.1, 0.15) is 40.4 Å². The first-order valence-electron chi connectivity index (χ1n) is 12.5. The Morgan fingerprint density at radius 2 is 1.54 bits per heavy atom. The summed E-state index contributed by atoms with van der Waals surface area (Å²) in [6.07, 6.45) is 0.114. The third-order valence-corrected chi connectivity index (χ3v) is 7.60. The lowest BCUT2D eigenvalue weighted by atomic mass is 9.81. The minimum Gasteiger partial charge on any atom is -0.508 e. The van der Waals surface area contributed by atoms with Crippen LogP contribution in [0.3, 0.4) is 0 Å². The number of amides is 1. The summed E-state index contributed by atoms with van der Waals surface area (Å²) < 4.78 is 34.2. The number of nitrogens with one attached hydrogen (secondary N) is 1. The van der Waals surface area contributed by atoms with E-state index in [2.05, 4.69) is 5.32 Å². The number of hydrogen-bond donors (Lipinski definition) is 2. The average Bonchev–Trinajstić information content (AvgIpc) is 2.88. The normalized spacial score (nSPS) is 22.6. The van der Waals surface area contributed by atoms with E-state index in [1.807, 2.05) is 0 Å². The minimum absolute atomic E-state index is 0.000973. The van der Waals surface area contributed by atoms with Crippen molar-refractivity contribution in [2.45, 2.75) is 25.0 Å². The molecule has 0 radical (unpaired) electrons. The standard InChI is InChI=1S/C29H28F2N2O4/c30-23-5-1-3-21(15-23)28(22-4-2-6-24(31)16-22)37-29(36)32-26-17-33(13-11-19(26)12-14-33)18-27(35)20-7-9-25(34)10-8-20/h1-10,15-16,19,26,28H,11-14,17-18H2,(H-,32,34,35,36)/p+1. The summed E-state index contributed by atoms with van der Waals surface area (Å²) in [6, 6.07) is 17.5. The number of Topliss-reactive ketones (excluding diaryl/α,β-unsaturated/α-hetero) is 1. The summed E-state index contributed by atoms with van der Waals surface area (Å²) in [5.74, 6) is -0.577. The van der Waals surface area contributed by atoms with Gasteiger partial charge in [-0.2, -0.15) is 0 Å². The summed E-state index contributed by atoms with van der Waals surface area (Å²) in [6.45, 7) is 2.64. The zero-order valence-corrected chi connectivity index (χ0v) is 20.3. The molecule has 192 valence electrons. The molecule has 6 nitrogen and oxygen atoms in total. The summed E-state index contributed by atoms with van der Waals surface area (Å²) >= 11 is 0. The molecule has 3 heterocycles. The molecule has 0 aromatic heterocycles. The van der Waals surface area contributed by atoms with Gasteiger partial charge in [0.2, 0.25) is 5.78 Å². The number of alkyl carbamates (subject to hydrolysis) is 1. The Morgan fingerprint density at radius 1 is 0.946 bits per heavy atom. The van der Waals surface area contributed by atoms with Crippen LogP contribution in [0.2, 0.25) is 0 Å². The maximum atomic E-state index is 14.0. The van der Waals surface area contributed by atoms with Crippen molar-refractivity contribution in [3.63, 3.8) is 0 Å². The summed E-state index contributed by atoms with van der Waals surface area (Å²) in [5.41, 5.74) is 1.35. The van der Waals surface area contributed by atoms with Crippen molar-refractivity contribution >= 4 is 11.9 Å². The first-order valence-corrected chi connectivity index (χ1v) is 12.5. The molecule has 37 heavy (non-hydrogen) atoms. The Balaban J connectivity index is 1.29. The molecule has 2 N–H and O–H groups in total. The minimum atomic E-state index is -0.980. The second kappa shape index (κ2) is 10.3. The number of hydrogen-bond acceptors (Lipinski definition) is 4. The number of benzene rings is 3. The van der Waals surface area contributed by atoms with Gasteiger partial charge in [0, 0.05) is 18.4 Å². The highest BCUT2D eigenvalue weighted by atomic mass is 19.1. The van der Waals surface area contributed by atoms with E-state index in [-0.39, 0.29) is 23.5 Å². The summed E-state index contributed by atoms with van der Waals surface area (Å²) in [5, 5.41) is 12.5. The van der Waals surface area contributed by atoms with Gasteiger partial charge >= 0.3 is 6.09 Å². The molecule has 1 unspecified atom stereocenters. The topological polar surface area (TPSA) is 75.6 Å². The zero-order chi connectivity index (χ0) is 26.0. The molecular formula is C29H29F2N2O4+. The molecule has 3 aromatic carbocycles. The van der Waals surface area contributed by atoms with Crippen molar-refractivity contribution in [1.29, 1.82) is 0 Å². The first-order chi connectivity index (χ1) is 17.8. The number of nitrogens with zero attached hydrogens (tertiary/aromatic N) is 1. The van der Waals surface area contributed by atoms with Crippen LogP contribution in [-0.4, -0.2) is 53.7 Å². The molecule has 6 rings (SSSR count). The lowest BCUT2D eigenvalue weighted by Crippen LogP contribution is -2.68. The van der Waals surface area contributed by atoms with Crippen molar-refractivity contribution in [3.05, 3.63) is 101 Å². The molecular weight excluding hydrogens is 478 g/mol. The molecule has 2 bridgehead atoms. The van der Waals surface area contributed by atoms with E-state index in [1.165, 1.54) is 48.5 Å². The van der Waals surface area contributed by atoms with E-state index in [0.29, 0.717) is 34.3 Å². The SMILES string of the molecule is O=C(NC1C[N+]2(CC(=O)c3ccc(O)cc3)CCC1CC2)OC(c1cccc(F)c1)c1cccc(F)c1. The number of rotatable bonds is 7. The van der Waals surface area contributed by atoms with E-state index in [9.17, 15) is 23.5 Å². The highest BCUT2D eigenvalue weighted by Gasteiger charge is 2.47. The van der Waals surface area contributed by atoms with E-state index >= 15 is 0 Å². The van der Waals surface area contributed by atoms with Crippen LogP contribution in [0.4, 0.5) is 13.6 Å². The van der Waals surface area contributed by atoms with E-state index in [4.69, 9.17) is 4.74 Å². The predicted molar refractivity (Wildman–Crippen MR) is 133 cm³/mol. The van der Waals surface area contributed by atoms with Gasteiger partial charge < -0.3 is 19.6 Å². The summed E-state index contributed by atoms with van der Waals surface area (Å²) in [4.78, 5) is 26.1. The number of fused-ring (bicyclic) bond motifs is 3. The van der Waals surface area contributed by atoms with Gasteiger partial charge in [0.15, 0.2) is 6.10 Å². The van der Waals surface area contributed by atoms with Crippen LogP contribution in [0.5, 0.6) is 5.75 Å². The Hall–Kier alpha value is -3.78. The van der Waals surface area contributed by atoms with Gasteiger partial charge in [-0.25, -0.2) is 13.6 Å². The Labute approximate surface area is 214 Å². The van der Waals surface area contributed by atoms with E-state index < -0.39 is 23.8 Å². The van der Waals surface area contributed by atoms with Crippen LogP contribution in [0.15, 0.2) is 72.8 Å². The lowest BCUT2D eigenvalue weighted by Gasteiger charge is -2.52. The van der Waals surface area contributed by atoms with Gasteiger partial charge in [0.05, 0.1) is 25.7 Å². The maximum Gasteiger partial charge on any atom is 0.408 e. The number of phenols is 1. The van der Waals surface area contributed by atoms with Gasteiger partial charge in [-0.3, -0.25) is 4.79 Å². The Kier molecular flexibility index (Phi) is 6.93. The quantitative estimate of drug-likeness (QED) is 0.350. The van der Waals surface area contributed by atoms with Crippen LogP contribution < -0.4 is 5.32 Å². The van der Waals surface area contributed by atoms with E-state index in [0.717, 1.165) is 25.9 Å². The number of aromatic hydroxyl groups is 1. The number of carbonyl (C=O) groups is 2. The van der Waals surface area contributed by atoms with E-state index in [1.54, 1.807) is 24.3 Å². The third-order valence-electron chi connectivity index (χ3n) is 7.60. The Morgan fingerprint density at radius 3 is 2.11 bits per heavy atom. The highest BCUT2D eigenvalue weighted by Crippen LogP contribution is 2.35. The fourth-order valence-electron chi connectivity index (χ4n) is 5.68. The molecule has 0 aliphatic carbocycles. The number of carbonyl (C=O) groups excluding carboxylic acids is 2. The number of piperidine rings is 3. The Bertz CT molecular complexity index is 1240. The predicted octanol–water partition coefficient (Wildman–Crippen LogP) is 4.98. The maximum absolute atomic E-state index is 14.0. The molecule has 3 aromatic rings. The summed E-state index contributed by atoms with van der Waals surface area (Å²) in [7, 11) is 0. The second-order valence-electron chi connectivity index (χ2n) is 10.1. The van der Waals surface area contributed by atoms with Crippen molar-refractivity contribution in [2.24, 2.45) is 5.92 Å². The number of ether oxygens (including phenoxy) is 1. The smallest absolute Gasteiger partial charge is 0.408 e. The fourth-order valence-corrected chi connectivity index (χ4v) is 5.68. The van der Waals surface area contributed by atoms with Crippen LogP contribution in [0.25, 0.3) is 0 Å². The molecule has 0 saturated carbocycles. The van der Waals surface area contributed by atoms with Gasteiger partial charge in [0.1, 0.15) is 23.9 Å². The molecule has 3 aliphatic rings. The fraction of sp³-hybridized carbons (Fsp3) is 0.310. The first kappa shape index (κ1) is 24.9. The monoisotopic (exact) mass is 507 g/mol. The molecule has 1 atom stereocenters. The molecule has 3 fully saturated rings. The lowest BCUT2D eigenvalue weighted by molar-refractivity contribution is -0.936. The van der Waals surface area contributed by atoms with Crippen LogP contribution in [0, 0.1) is 17.6 Å². The van der Waals surface area contributed by atoms with Gasteiger partial charge in [-0.1, -0.05) is 24.3 Å². The molecule has 8 heteroatoms. The average molecular weight is 508 g/mol. The largest absolute Gasteiger partial charge is 0.508 e. The van der Waals surface area contributed by atoms with Gasteiger partial charge in [0.25, 0.3) is 0 Å². The second-order valence-corrected chi connectivity index (χ2v) is 10.1. The van der Waals surface area contributed by atoms with Crippen molar-refractivity contribution in [3.8, 4) is 5.75 Å². The van der Waals surface area contributed by atoms with Crippen molar-refractivity contribution in [2.75, 3.05) is 26.2 Å². The molecule has 3 saturated heterocycles. The van der Waals surface area contributed by atoms with Crippen molar-refractivity contribution in [1.82, 2.24) is 5.32 Å². The van der Waals surface area contributed by atoms with Gasteiger partial charge in [-0.05, 0) is 65.6 Å². The van der Waals surface area contributed by atoms with Gasteiger partial charge in [-0.15, -0.1) is 0 Å². The number of quaternary nitrogens is 1. The molecule has 3 aliphatic heterocycles. The molecule has 1 amide bonds. The van der Waals surface area contributed by atoms with Crippen LogP contribution >= 0.6 is 0 Å². The third kappa shape index (κ3) is 5.64. The number of halogens is 2. The van der Waals surface area contributed by atoms with Crippen molar-refractivity contribution < 1.29 is 32.7 Å². The van der Waals surface area contributed by atoms with Crippen LogP contribution in [-0.2, 0) is 4.74 Å². The highest BCUT2D eigenvalue weighted by molar-refractivity contribution is 5.97. The zero-order valence-electron chi connectivity index (χ0n) is 20.3.